The molecule has 0 amide bonds. The van der Waals surface area contributed by atoms with E-state index in [-0.39, 0.29) is 0 Å². The molecule has 2 aromatic heterocycles. The number of nitrogens with zero attached hydrogens (tertiary/aromatic N) is 4. The Hall–Kier alpha value is -6.88. The highest BCUT2D eigenvalue weighted by Crippen LogP contribution is 2.40. The Morgan fingerprint density at radius 3 is 1.65 bits per heavy atom. The van der Waals surface area contributed by atoms with Gasteiger partial charge in [0.1, 0.15) is 6.07 Å². The van der Waals surface area contributed by atoms with Crippen LogP contribution in [0.4, 0.5) is 0 Å². The maximum Gasteiger partial charge on any atom is 0.100 e. The summed E-state index contributed by atoms with van der Waals surface area (Å²) < 4.78 is 4.52. The number of fused-ring (bicyclic) bond motifs is 6. The molecular weight excluding hydrogens is 585 g/mol. The SMILES string of the molecule is N#Cc1ccc2c3ccccc3n(-c3cccc(-c4cccc(-c5ccccc5-n5c6ccccc6c6ccccc65)c4C#N)c3)c2c1. The van der Waals surface area contributed by atoms with Crippen molar-refractivity contribution in [1.29, 1.82) is 10.5 Å². The zero-order valence-electron chi connectivity index (χ0n) is 25.8. The molecule has 0 radical (unpaired) electrons. The lowest BCUT2D eigenvalue weighted by Gasteiger charge is -2.17. The molecule has 4 nitrogen and oxygen atoms in total. The van der Waals surface area contributed by atoms with Crippen molar-refractivity contribution in [3.63, 3.8) is 0 Å². The van der Waals surface area contributed by atoms with Gasteiger partial charge in [-0.25, -0.2) is 0 Å². The van der Waals surface area contributed by atoms with Gasteiger partial charge in [0.25, 0.3) is 0 Å². The molecule has 7 aromatic carbocycles. The van der Waals surface area contributed by atoms with Crippen LogP contribution in [0.25, 0.3) is 77.2 Å². The smallest absolute Gasteiger partial charge is 0.100 e. The Balaban J connectivity index is 1.25. The van der Waals surface area contributed by atoms with Crippen molar-refractivity contribution in [3.05, 3.63) is 169 Å². The largest absolute Gasteiger partial charge is 0.309 e. The fraction of sp³-hybridized carbons (Fsp3) is 0. The topological polar surface area (TPSA) is 57.4 Å². The summed E-state index contributed by atoms with van der Waals surface area (Å²) in [5.41, 5.74) is 11.2. The summed E-state index contributed by atoms with van der Waals surface area (Å²) in [4.78, 5) is 0. The van der Waals surface area contributed by atoms with Crippen molar-refractivity contribution in [2.45, 2.75) is 0 Å². The van der Waals surface area contributed by atoms with Crippen LogP contribution in [0, 0.1) is 22.7 Å². The molecule has 48 heavy (non-hydrogen) atoms. The molecule has 0 aliphatic carbocycles. The van der Waals surface area contributed by atoms with Gasteiger partial charge in [-0.15, -0.1) is 0 Å². The van der Waals surface area contributed by atoms with E-state index in [0.29, 0.717) is 11.1 Å². The molecule has 0 fully saturated rings. The average Bonchev–Trinajstić information content (AvgIpc) is 3.67. The summed E-state index contributed by atoms with van der Waals surface area (Å²) in [6.45, 7) is 0. The van der Waals surface area contributed by atoms with Gasteiger partial charge in [-0.1, -0.05) is 109 Å². The molecule has 0 unspecified atom stereocenters. The Bertz CT molecular complexity index is 2760. The summed E-state index contributed by atoms with van der Waals surface area (Å²) in [6, 6.07) is 58.8. The van der Waals surface area contributed by atoms with Crippen LogP contribution < -0.4 is 0 Å². The van der Waals surface area contributed by atoms with Gasteiger partial charge >= 0.3 is 0 Å². The van der Waals surface area contributed by atoms with Gasteiger partial charge in [-0.2, -0.15) is 10.5 Å². The number of hydrogen-bond acceptors (Lipinski definition) is 2. The van der Waals surface area contributed by atoms with E-state index < -0.39 is 0 Å². The van der Waals surface area contributed by atoms with E-state index in [1.54, 1.807) is 0 Å². The van der Waals surface area contributed by atoms with E-state index in [4.69, 9.17) is 0 Å². The Morgan fingerprint density at radius 2 is 0.958 bits per heavy atom. The standard InChI is InChI=1S/C44H26N4/c45-27-29-23-24-38-37-16-2-5-19-40(37)47(44(38)25-29)31-12-9-11-30(26-31)32-17-10-18-33(39(32)28-46)34-13-1-6-20-41(34)48-42-21-7-3-14-35(42)36-15-4-8-22-43(36)48/h1-26H. The minimum atomic E-state index is 0.615. The van der Waals surface area contributed by atoms with E-state index in [1.165, 1.54) is 10.8 Å². The second-order valence-corrected chi connectivity index (χ2v) is 12.0. The number of nitriles is 2. The van der Waals surface area contributed by atoms with Crippen LogP contribution in [0.2, 0.25) is 0 Å². The van der Waals surface area contributed by atoms with Gasteiger partial charge in [0.15, 0.2) is 0 Å². The van der Waals surface area contributed by atoms with Crippen LogP contribution in [0.3, 0.4) is 0 Å². The first-order valence-corrected chi connectivity index (χ1v) is 15.9. The van der Waals surface area contributed by atoms with E-state index >= 15 is 0 Å². The first kappa shape index (κ1) is 27.4. The van der Waals surface area contributed by atoms with Crippen molar-refractivity contribution < 1.29 is 0 Å². The molecule has 0 aliphatic rings. The van der Waals surface area contributed by atoms with E-state index in [9.17, 15) is 10.5 Å². The maximum atomic E-state index is 10.8. The van der Waals surface area contributed by atoms with Gasteiger partial charge in [0, 0.05) is 43.9 Å². The lowest BCUT2D eigenvalue weighted by molar-refractivity contribution is 1.18. The number of para-hydroxylation sites is 4. The second kappa shape index (κ2) is 10.9. The third-order valence-corrected chi connectivity index (χ3v) is 9.41. The number of benzene rings is 7. The van der Waals surface area contributed by atoms with Crippen LogP contribution in [-0.4, -0.2) is 9.13 Å². The van der Waals surface area contributed by atoms with E-state index in [1.807, 2.05) is 54.6 Å². The quantitative estimate of drug-likeness (QED) is 0.199. The fourth-order valence-corrected chi connectivity index (χ4v) is 7.35. The monoisotopic (exact) mass is 610 g/mol. The van der Waals surface area contributed by atoms with Gasteiger partial charge in [0.2, 0.25) is 0 Å². The number of hydrogen-bond donors (Lipinski definition) is 0. The molecule has 222 valence electrons. The molecule has 9 aromatic rings. The summed E-state index contributed by atoms with van der Waals surface area (Å²) in [7, 11) is 0. The summed E-state index contributed by atoms with van der Waals surface area (Å²) in [5.74, 6) is 0. The highest BCUT2D eigenvalue weighted by molar-refractivity contribution is 6.11. The minimum absolute atomic E-state index is 0.615. The fourth-order valence-electron chi connectivity index (χ4n) is 7.35. The number of aromatic nitrogens is 2. The van der Waals surface area contributed by atoms with E-state index in [2.05, 4.69) is 124 Å². The van der Waals surface area contributed by atoms with Crippen molar-refractivity contribution in [2.75, 3.05) is 0 Å². The Morgan fingerprint density at radius 1 is 0.396 bits per heavy atom. The van der Waals surface area contributed by atoms with Gasteiger partial charge in [-0.3, -0.25) is 0 Å². The van der Waals surface area contributed by atoms with Gasteiger partial charge in [0.05, 0.1) is 45.0 Å². The van der Waals surface area contributed by atoms with Crippen molar-refractivity contribution in [1.82, 2.24) is 9.13 Å². The van der Waals surface area contributed by atoms with Crippen LogP contribution in [0.1, 0.15) is 11.1 Å². The van der Waals surface area contributed by atoms with Crippen molar-refractivity contribution >= 4 is 43.6 Å². The predicted molar refractivity (Wildman–Crippen MR) is 195 cm³/mol. The first-order valence-electron chi connectivity index (χ1n) is 15.9. The molecule has 9 rings (SSSR count). The second-order valence-electron chi connectivity index (χ2n) is 12.0. The molecule has 0 aliphatic heterocycles. The average molecular weight is 611 g/mol. The van der Waals surface area contributed by atoms with Crippen molar-refractivity contribution in [2.24, 2.45) is 0 Å². The lowest BCUT2D eigenvalue weighted by Crippen LogP contribution is -1.99. The predicted octanol–water partition coefficient (Wildman–Crippen LogP) is 11.0. The van der Waals surface area contributed by atoms with Crippen molar-refractivity contribution in [3.8, 4) is 45.8 Å². The Labute approximate surface area is 277 Å². The van der Waals surface area contributed by atoms with Gasteiger partial charge in [-0.05, 0) is 54.1 Å². The maximum absolute atomic E-state index is 10.8. The third kappa shape index (κ3) is 4.07. The highest BCUT2D eigenvalue weighted by Gasteiger charge is 2.19. The van der Waals surface area contributed by atoms with E-state index in [0.717, 1.165) is 66.5 Å². The molecule has 0 spiro atoms. The molecule has 0 saturated heterocycles. The van der Waals surface area contributed by atoms with Gasteiger partial charge < -0.3 is 9.13 Å². The molecular formula is C44H26N4. The molecule has 2 heterocycles. The van der Waals surface area contributed by atoms with Crippen LogP contribution in [-0.2, 0) is 0 Å². The zero-order valence-corrected chi connectivity index (χ0v) is 25.8. The minimum Gasteiger partial charge on any atom is -0.309 e. The zero-order chi connectivity index (χ0) is 32.2. The normalized spacial score (nSPS) is 11.3. The third-order valence-electron chi connectivity index (χ3n) is 9.41. The molecule has 4 heteroatoms. The Kier molecular flexibility index (Phi) is 6.22. The molecule has 0 atom stereocenters. The molecule has 0 saturated carbocycles. The molecule has 0 bridgehead atoms. The summed E-state index contributed by atoms with van der Waals surface area (Å²) in [5, 5.41) is 25.1. The van der Waals surface area contributed by atoms with Crippen LogP contribution >= 0.6 is 0 Å². The molecule has 0 N–H and O–H groups in total. The highest BCUT2D eigenvalue weighted by atomic mass is 15.0. The summed E-state index contributed by atoms with van der Waals surface area (Å²) in [6.07, 6.45) is 0. The lowest BCUT2D eigenvalue weighted by atomic mass is 9.91. The van der Waals surface area contributed by atoms with Crippen LogP contribution in [0.15, 0.2) is 158 Å². The summed E-state index contributed by atoms with van der Waals surface area (Å²) >= 11 is 0. The van der Waals surface area contributed by atoms with Crippen LogP contribution in [0.5, 0.6) is 0 Å². The first-order chi connectivity index (χ1) is 23.7. The number of rotatable bonds is 4.